The van der Waals surface area contributed by atoms with Crippen molar-refractivity contribution in [1.82, 2.24) is 20.2 Å². The van der Waals surface area contributed by atoms with E-state index >= 15 is 0 Å². The monoisotopic (exact) mass is 380 g/mol. The van der Waals surface area contributed by atoms with Crippen molar-refractivity contribution >= 4 is 22.8 Å². The van der Waals surface area contributed by atoms with Crippen molar-refractivity contribution in [3.05, 3.63) is 65.7 Å². The second-order valence-corrected chi connectivity index (χ2v) is 7.17. The van der Waals surface area contributed by atoms with Gasteiger partial charge in [-0.25, -0.2) is 9.37 Å². The third kappa shape index (κ3) is 3.74. The Hall–Kier alpha value is -3.22. The second-order valence-electron chi connectivity index (χ2n) is 7.17. The molecule has 1 fully saturated rings. The van der Waals surface area contributed by atoms with Crippen LogP contribution in [0.25, 0.3) is 11.0 Å². The predicted molar refractivity (Wildman–Crippen MR) is 103 cm³/mol. The fourth-order valence-corrected chi connectivity index (χ4v) is 3.31. The van der Waals surface area contributed by atoms with Crippen molar-refractivity contribution < 1.29 is 14.0 Å². The summed E-state index contributed by atoms with van der Waals surface area (Å²) >= 11 is 0. The number of aromatic amines is 1. The first-order valence-electron chi connectivity index (χ1n) is 9.27. The van der Waals surface area contributed by atoms with Crippen LogP contribution in [0.15, 0.2) is 48.5 Å². The van der Waals surface area contributed by atoms with Crippen LogP contribution in [0.5, 0.6) is 0 Å². The van der Waals surface area contributed by atoms with Gasteiger partial charge in [0.05, 0.1) is 29.4 Å². The first-order chi connectivity index (χ1) is 13.5. The van der Waals surface area contributed by atoms with Gasteiger partial charge in [0, 0.05) is 13.1 Å². The Morgan fingerprint density at radius 2 is 1.93 bits per heavy atom. The number of nitrogens with one attached hydrogen (secondary N) is 2. The molecule has 1 aliphatic rings. The Morgan fingerprint density at radius 1 is 1.21 bits per heavy atom. The van der Waals surface area contributed by atoms with Gasteiger partial charge in [-0.15, -0.1) is 0 Å². The standard InChI is InChI=1S/C21H21FN4O2/c1-13(20-24-17-4-2-3-5-18(17)25-20)23-21(28)15-11-26(12-15)19(27)10-14-6-8-16(22)9-7-14/h2-9,13,15H,10-12H2,1H3,(H,23,28)(H,24,25). The number of para-hydroxylation sites is 2. The average molecular weight is 380 g/mol. The number of hydrogen-bond donors (Lipinski definition) is 2. The highest BCUT2D eigenvalue weighted by atomic mass is 19.1. The van der Waals surface area contributed by atoms with Crippen LogP contribution >= 0.6 is 0 Å². The first kappa shape index (κ1) is 18.2. The molecule has 1 saturated heterocycles. The highest BCUT2D eigenvalue weighted by Gasteiger charge is 2.36. The molecule has 2 heterocycles. The molecule has 28 heavy (non-hydrogen) atoms. The topological polar surface area (TPSA) is 78.1 Å². The number of nitrogens with zero attached hydrogens (tertiary/aromatic N) is 2. The van der Waals surface area contributed by atoms with Gasteiger partial charge >= 0.3 is 0 Å². The molecule has 0 spiro atoms. The van der Waals surface area contributed by atoms with Crippen molar-refractivity contribution in [2.45, 2.75) is 19.4 Å². The van der Waals surface area contributed by atoms with Crippen LogP contribution in [0.4, 0.5) is 4.39 Å². The smallest absolute Gasteiger partial charge is 0.227 e. The van der Waals surface area contributed by atoms with Gasteiger partial charge in [-0.1, -0.05) is 24.3 Å². The van der Waals surface area contributed by atoms with E-state index < -0.39 is 0 Å². The van der Waals surface area contributed by atoms with Gasteiger partial charge in [-0.3, -0.25) is 9.59 Å². The third-order valence-corrected chi connectivity index (χ3v) is 5.05. The summed E-state index contributed by atoms with van der Waals surface area (Å²) in [7, 11) is 0. The number of carbonyl (C=O) groups is 2. The minimum Gasteiger partial charge on any atom is -0.346 e. The third-order valence-electron chi connectivity index (χ3n) is 5.05. The first-order valence-corrected chi connectivity index (χ1v) is 9.27. The minimum atomic E-state index is -0.324. The highest BCUT2D eigenvalue weighted by molar-refractivity contribution is 5.85. The maximum absolute atomic E-state index is 12.9. The van der Waals surface area contributed by atoms with Crippen molar-refractivity contribution in [2.75, 3.05) is 13.1 Å². The average Bonchev–Trinajstić information content (AvgIpc) is 3.07. The van der Waals surface area contributed by atoms with Crippen molar-refractivity contribution in [2.24, 2.45) is 5.92 Å². The molecule has 0 saturated carbocycles. The van der Waals surface area contributed by atoms with E-state index in [1.165, 1.54) is 12.1 Å². The number of hydrogen-bond acceptors (Lipinski definition) is 3. The molecule has 0 aliphatic carbocycles. The Balaban J connectivity index is 1.28. The van der Waals surface area contributed by atoms with Crippen LogP contribution in [0, 0.1) is 11.7 Å². The number of rotatable bonds is 5. The number of H-pyrrole nitrogens is 1. The van der Waals surface area contributed by atoms with Gasteiger partial charge in [0.1, 0.15) is 11.6 Å². The molecule has 144 valence electrons. The molecule has 2 amide bonds. The van der Waals surface area contributed by atoms with E-state index in [0.717, 1.165) is 16.6 Å². The minimum absolute atomic E-state index is 0.0546. The van der Waals surface area contributed by atoms with Crippen LogP contribution in [0.3, 0.4) is 0 Å². The summed E-state index contributed by atoms with van der Waals surface area (Å²) in [4.78, 5) is 34.1. The number of likely N-dealkylation sites (tertiary alicyclic amines) is 1. The molecule has 2 aromatic carbocycles. The summed E-state index contributed by atoms with van der Waals surface area (Å²) in [5.41, 5.74) is 2.55. The van der Waals surface area contributed by atoms with Gasteiger partial charge in [0.15, 0.2) is 0 Å². The zero-order valence-electron chi connectivity index (χ0n) is 15.5. The summed E-state index contributed by atoms with van der Waals surface area (Å²) in [6.07, 6.45) is 0.212. The summed E-state index contributed by atoms with van der Waals surface area (Å²) in [5.74, 6) is 0.0253. The number of halogens is 1. The predicted octanol–water partition coefficient (Wildman–Crippen LogP) is 2.58. The normalized spacial score (nSPS) is 15.3. The Labute approximate surface area is 161 Å². The van der Waals surface area contributed by atoms with Crippen LogP contribution in [-0.4, -0.2) is 39.8 Å². The van der Waals surface area contributed by atoms with Gasteiger partial charge in [0.2, 0.25) is 11.8 Å². The summed E-state index contributed by atoms with van der Waals surface area (Å²) in [5, 5.41) is 2.96. The largest absolute Gasteiger partial charge is 0.346 e. The lowest BCUT2D eigenvalue weighted by Gasteiger charge is -2.38. The summed E-state index contributed by atoms with van der Waals surface area (Å²) < 4.78 is 12.9. The molecule has 0 bridgehead atoms. The lowest BCUT2D eigenvalue weighted by molar-refractivity contribution is -0.142. The Bertz CT molecular complexity index is 976. The number of carbonyl (C=O) groups excluding carboxylic acids is 2. The number of imidazole rings is 1. The molecule has 7 heteroatoms. The number of amides is 2. The van der Waals surface area contributed by atoms with E-state index in [2.05, 4.69) is 15.3 Å². The molecule has 0 radical (unpaired) electrons. The highest BCUT2D eigenvalue weighted by Crippen LogP contribution is 2.20. The van der Waals surface area contributed by atoms with Gasteiger partial charge in [-0.2, -0.15) is 0 Å². The van der Waals surface area contributed by atoms with Crippen molar-refractivity contribution in [3.8, 4) is 0 Å². The maximum Gasteiger partial charge on any atom is 0.227 e. The molecule has 1 aromatic heterocycles. The lowest BCUT2D eigenvalue weighted by Crippen LogP contribution is -2.56. The van der Waals surface area contributed by atoms with Gasteiger partial charge < -0.3 is 15.2 Å². The molecular weight excluding hydrogens is 359 g/mol. The quantitative estimate of drug-likeness (QED) is 0.714. The van der Waals surface area contributed by atoms with E-state index in [-0.39, 0.29) is 36.0 Å². The molecule has 1 unspecified atom stereocenters. The van der Waals surface area contributed by atoms with E-state index in [0.29, 0.717) is 18.9 Å². The molecule has 6 nitrogen and oxygen atoms in total. The van der Waals surface area contributed by atoms with Gasteiger partial charge in [-0.05, 0) is 36.8 Å². The molecule has 1 atom stereocenters. The molecule has 3 aromatic rings. The zero-order chi connectivity index (χ0) is 19.7. The number of fused-ring (bicyclic) bond motifs is 1. The van der Waals surface area contributed by atoms with Crippen molar-refractivity contribution in [3.63, 3.8) is 0 Å². The number of benzene rings is 2. The zero-order valence-corrected chi connectivity index (χ0v) is 15.5. The lowest BCUT2D eigenvalue weighted by atomic mass is 9.97. The number of aromatic nitrogens is 2. The Morgan fingerprint density at radius 3 is 2.64 bits per heavy atom. The fraction of sp³-hybridized carbons (Fsp3) is 0.286. The van der Waals surface area contributed by atoms with Crippen LogP contribution in [0.1, 0.15) is 24.4 Å². The summed E-state index contributed by atoms with van der Waals surface area (Å²) in [6.45, 7) is 2.68. The molecule has 4 rings (SSSR count). The molecular formula is C21H21FN4O2. The summed E-state index contributed by atoms with van der Waals surface area (Å²) in [6, 6.07) is 13.4. The molecule has 2 N–H and O–H groups in total. The molecule has 1 aliphatic heterocycles. The SMILES string of the molecule is CC(NC(=O)C1CN(C(=O)Cc2ccc(F)cc2)C1)c1nc2ccccc2[nH]1. The fourth-order valence-electron chi connectivity index (χ4n) is 3.31. The Kier molecular flexibility index (Phi) is 4.81. The van der Waals surface area contributed by atoms with Crippen LogP contribution < -0.4 is 5.32 Å². The van der Waals surface area contributed by atoms with Crippen LogP contribution in [-0.2, 0) is 16.0 Å². The van der Waals surface area contributed by atoms with E-state index in [9.17, 15) is 14.0 Å². The maximum atomic E-state index is 12.9. The van der Waals surface area contributed by atoms with E-state index in [4.69, 9.17) is 0 Å². The van der Waals surface area contributed by atoms with E-state index in [1.807, 2.05) is 31.2 Å². The second kappa shape index (κ2) is 7.42. The van der Waals surface area contributed by atoms with Crippen LogP contribution in [0.2, 0.25) is 0 Å². The van der Waals surface area contributed by atoms with E-state index in [1.54, 1.807) is 17.0 Å². The van der Waals surface area contributed by atoms with Crippen molar-refractivity contribution in [1.29, 1.82) is 0 Å². The van der Waals surface area contributed by atoms with Gasteiger partial charge in [0.25, 0.3) is 0 Å².